The van der Waals surface area contributed by atoms with Crippen molar-refractivity contribution >= 4 is 6.29 Å². The van der Waals surface area contributed by atoms with E-state index in [0.29, 0.717) is 0 Å². The van der Waals surface area contributed by atoms with Crippen LogP contribution in [0.25, 0.3) is 0 Å². The summed E-state index contributed by atoms with van der Waals surface area (Å²) in [6.07, 6.45) is 1.59. The number of nitrogens with zero attached hydrogens (tertiary/aromatic N) is 1. The molecule has 1 aromatic carbocycles. The summed E-state index contributed by atoms with van der Waals surface area (Å²) in [7, 11) is 4.27. The van der Waals surface area contributed by atoms with Gasteiger partial charge in [-0.3, -0.25) is 4.79 Å². The smallest absolute Gasteiger partial charge is 0.169 e. The normalized spacial score (nSPS) is 18.4. The third-order valence-electron chi connectivity index (χ3n) is 2.87. The molecule has 1 aliphatic rings. The van der Waals surface area contributed by atoms with Gasteiger partial charge < -0.3 is 10.2 Å². The van der Waals surface area contributed by atoms with Crippen molar-refractivity contribution in [3.05, 3.63) is 35.4 Å². The quantitative estimate of drug-likeness (QED) is 0.817. The van der Waals surface area contributed by atoms with E-state index in [1.54, 1.807) is 0 Å². The van der Waals surface area contributed by atoms with E-state index in [1.807, 2.05) is 0 Å². The number of benzene rings is 1. The van der Waals surface area contributed by atoms with Crippen LogP contribution in [-0.4, -0.2) is 44.4 Å². The molecule has 1 heterocycles. The lowest BCUT2D eigenvalue weighted by Crippen LogP contribution is -2.29. The first-order valence-electron chi connectivity index (χ1n) is 5.82. The second kappa shape index (κ2) is 7.18. The molecule has 0 amide bonds. The molecule has 100 valence electrons. The molecule has 1 fully saturated rings. The summed E-state index contributed by atoms with van der Waals surface area (Å²) in [5, 5.41) is 3.31. The van der Waals surface area contributed by atoms with Crippen LogP contribution in [0.15, 0.2) is 18.2 Å². The minimum absolute atomic E-state index is 0.250. The molecular formula is C13H18F2N2O. The average Bonchev–Trinajstić information content (AvgIpc) is 2.87. The highest BCUT2D eigenvalue weighted by molar-refractivity contribution is 5.74. The highest BCUT2D eigenvalue weighted by Crippen LogP contribution is 2.08. The molecule has 0 aliphatic carbocycles. The SMILES string of the molecule is CN(C)[C@H]1CCNC1.O=Cc1cccc(F)c1F. The van der Waals surface area contributed by atoms with Gasteiger partial charge in [-0.05, 0) is 39.2 Å². The first kappa shape index (κ1) is 14.7. The fourth-order valence-electron chi connectivity index (χ4n) is 1.69. The van der Waals surface area contributed by atoms with E-state index in [2.05, 4.69) is 24.3 Å². The average molecular weight is 256 g/mol. The number of carbonyl (C=O) groups is 1. The van der Waals surface area contributed by atoms with Crippen molar-refractivity contribution < 1.29 is 13.6 Å². The van der Waals surface area contributed by atoms with Crippen LogP contribution in [0, 0.1) is 11.6 Å². The summed E-state index contributed by atoms with van der Waals surface area (Å²) in [5.74, 6) is -2.08. The van der Waals surface area contributed by atoms with Crippen molar-refractivity contribution in [2.24, 2.45) is 0 Å². The molecule has 0 aromatic heterocycles. The largest absolute Gasteiger partial charge is 0.315 e. The summed E-state index contributed by atoms with van der Waals surface area (Å²) in [6, 6.07) is 4.24. The summed E-state index contributed by atoms with van der Waals surface area (Å²) < 4.78 is 24.6. The van der Waals surface area contributed by atoms with Crippen molar-refractivity contribution in [3.8, 4) is 0 Å². The molecule has 0 unspecified atom stereocenters. The zero-order valence-corrected chi connectivity index (χ0v) is 10.6. The van der Waals surface area contributed by atoms with E-state index in [1.165, 1.54) is 31.6 Å². The maximum atomic E-state index is 12.4. The molecule has 0 radical (unpaired) electrons. The first-order chi connectivity index (χ1) is 8.56. The lowest BCUT2D eigenvalue weighted by Gasteiger charge is -2.16. The second-order valence-corrected chi connectivity index (χ2v) is 4.37. The second-order valence-electron chi connectivity index (χ2n) is 4.37. The molecule has 1 atom stereocenters. The summed E-state index contributed by atoms with van der Waals surface area (Å²) in [5.41, 5.74) is -0.250. The zero-order chi connectivity index (χ0) is 13.5. The predicted octanol–water partition coefficient (Wildman–Crippen LogP) is 1.69. The molecule has 2 rings (SSSR count). The molecule has 1 saturated heterocycles. The monoisotopic (exact) mass is 256 g/mol. The van der Waals surface area contributed by atoms with Gasteiger partial charge >= 0.3 is 0 Å². The minimum atomic E-state index is -1.09. The Labute approximate surface area is 106 Å². The Bertz CT molecular complexity index is 391. The highest BCUT2D eigenvalue weighted by Gasteiger charge is 2.14. The molecule has 0 saturated carbocycles. The van der Waals surface area contributed by atoms with Gasteiger partial charge in [-0.15, -0.1) is 0 Å². The molecule has 1 aromatic rings. The number of aldehydes is 1. The number of nitrogens with one attached hydrogen (secondary N) is 1. The van der Waals surface area contributed by atoms with Crippen LogP contribution >= 0.6 is 0 Å². The maximum absolute atomic E-state index is 12.4. The van der Waals surface area contributed by atoms with Crippen molar-refractivity contribution in [1.82, 2.24) is 10.2 Å². The maximum Gasteiger partial charge on any atom is 0.169 e. The highest BCUT2D eigenvalue weighted by atomic mass is 19.2. The van der Waals surface area contributed by atoms with Crippen molar-refractivity contribution in [2.75, 3.05) is 27.2 Å². The van der Waals surface area contributed by atoms with Gasteiger partial charge in [-0.25, -0.2) is 8.78 Å². The zero-order valence-electron chi connectivity index (χ0n) is 10.6. The molecule has 1 aliphatic heterocycles. The third-order valence-corrected chi connectivity index (χ3v) is 2.87. The molecule has 0 bridgehead atoms. The Morgan fingerprint density at radius 1 is 1.39 bits per heavy atom. The molecule has 0 spiro atoms. The molecule has 1 N–H and O–H groups in total. The Morgan fingerprint density at radius 3 is 2.50 bits per heavy atom. The van der Waals surface area contributed by atoms with E-state index >= 15 is 0 Å². The van der Waals surface area contributed by atoms with Crippen LogP contribution in [0.2, 0.25) is 0 Å². The predicted molar refractivity (Wildman–Crippen MR) is 66.7 cm³/mol. The van der Waals surface area contributed by atoms with E-state index in [9.17, 15) is 13.6 Å². The first-order valence-corrected chi connectivity index (χ1v) is 5.82. The molecule has 18 heavy (non-hydrogen) atoms. The molecule has 5 heteroatoms. The summed E-state index contributed by atoms with van der Waals surface area (Å²) in [4.78, 5) is 12.3. The van der Waals surface area contributed by atoms with Crippen LogP contribution < -0.4 is 5.32 Å². The van der Waals surface area contributed by atoms with Gasteiger partial charge in [0.1, 0.15) is 0 Å². The Morgan fingerprint density at radius 2 is 2.11 bits per heavy atom. The summed E-state index contributed by atoms with van der Waals surface area (Å²) in [6.45, 7) is 2.37. The number of likely N-dealkylation sites (N-methyl/N-ethyl adjacent to an activating group) is 1. The number of rotatable bonds is 2. The van der Waals surface area contributed by atoms with Crippen LogP contribution in [0.1, 0.15) is 16.8 Å². The van der Waals surface area contributed by atoms with E-state index < -0.39 is 11.6 Å². The van der Waals surface area contributed by atoms with Gasteiger partial charge in [0, 0.05) is 12.6 Å². The molecule has 3 nitrogen and oxygen atoms in total. The number of hydrogen-bond acceptors (Lipinski definition) is 3. The van der Waals surface area contributed by atoms with Crippen LogP contribution in [0.5, 0.6) is 0 Å². The van der Waals surface area contributed by atoms with Gasteiger partial charge in [0.2, 0.25) is 0 Å². The fraction of sp³-hybridized carbons (Fsp3) is 0.462. The van der Waals surface area contributed by atoms with Gasteiger partial charge in [-0.2, -0.15) is 0 Å². The van der Waals surface area contributed by atoms with Crippen LogP contribution in [0.4, 0.5) is 8.78 Å². The van der Waals surface area contributed by atoms with Crippen molar-refractivity contribution in [2.45, 2.75) is 12.5 Å². The van der Waals surface area contributed by atoms with Gasteiger partial charge in [0.05, 0.1) is 5.56 Å². The van der Waals surface area contributed by atoms with Crippen molar-refractivity contribution in [3.63, 3.8) is 0 Å². The summed E-state index contributed by atoms with van der Waals surface area (Å²) >= 11 is 0. The lowest BCUT2D eigenvalue weighted by molar-refractivity contribution is 0.111. The lowest BCUT2D eigenvalue weighted by atomic mass is 10.2. The van der Waals surface area contributed by atoms with Gasteiger partial charge in [0.15, 0.2) is 17.9 Å². The Balaban J connectivity index is 0.000000184. The van der Waals surface area contributed by atoms with Crippen molar-refractivity contribution in [1.29, 1.82) is 0 Å². The van der Waals surface area contributed by atoms with Crippen LogP contribution in [-0.2, 0) is 0 Å². The number of halogens is 2. The van der Waals surface area contributed by atoms with Gasteiger partial charge in [-0.1, -0.05) is 6.07 Å². The number of hydrogen-bond donors (Lipinski definition) is 1. The van der Waals surface area contributed by atoms with E-state index in [-0.39, 0.29) is 11.8 Å². The van der Waals surface area contributed by atoms with Crippen LogP contribution in [0.3, 0.4) is 0 Å². The third kappa shape index (κ3) is 4.16. The topological polar surface area (TPSA) is 32.3 Å². The van der Waals surface area contributed by atoms with E-state index in [0.717, 1.165) is 12.1 Å². The Hall–Kier alpha value is -1.33. The molecular weight excluding hydrogens is 238 g/mol. The van der Waals surface area contributed by atoms with Gasteiger partial charge in [0.25, 0.3) is 0 Å². The fourth-order valence-corrected chi connectivity index (χ4v) is 1.69. The standard InChI is InChI=1S/C7H4F2O.C6H14N2/c8-6-3-1-2-5(4-10)7(6)9;1-8(2)6-3-4-7-5-6/h1-4H;6-7H,3-5H2,1-2H3/t;6-/m.0/s1. The minimum Gasteiger partial charge on any atom is -0.315 e. The van der Waals surface area contributed by atoms with E-state index in [4.69, 9.17) is 0 Å². The number of carbonyl (C=O) groups excluding carboxylic acids is 1. The Kier molecular flexibility index (Phi) is 5.88.